The third-order valence-corrected chi connectivity index (χ3v) is 2.43. The Kier molecular flexibility index (Phi) is 3.73. The number of aliphatic hydroxyl groups excluding tert-OH is 1. The first kappa shape index (κ1) is 10.8. The van der Waals surface area contributed by atoms with Gasteiger partial charge in [-0.1, -0.05) is 0 Å². The number of anilines is 1. The van der Waals surface area contributed by atoms with Gasteiger partial charge in [0.05, 0.1) is 12.3 Å². The van der Waals surface area contributed by atoms with E-state index in [2.05, 4.69) is 4.98 Å². The molecule has 0 unspecified atom stereocenters. The number of carboxylic acids is 1. The summed E-state index contributed by atoms with van der Waals surface area (Å²) in [6.45, 7) is 0.00306. The van der Waals surface area contributed by atoms with Gasteiger partial charge in [-0.05, 0) is 12.1 Å². The lowest BCUT2D eigenvalue weighted by Crippen LogP contribution is -2.03. The molecule has 1 aromatic heterocycles. The number of nitrogen functional groups attached to an aromatic ring is 1. The number of aromatic nitrogens is 1. The maximum absolute atomic E-state index is 10.6. The molecule has 0 aliphatic rings. The Hall–Kier alpha value is -1.27. The zero-order chi connectivity index (χ0) is 10.6. The minimum Gasteiger partial charge on any atom is -0.477 e. The number of carboxylic acid groups (broad SMARTS) is 1. The van der Waals surface area contributed by atoms with Crippen molar-refractivity contribution < 1.29 is 15.0 Å². The molecule has 0 amide bonds. The average Bonchev–Trinajstić information content (AvgIpc) is 2.16. The van der Waals surface area contributed by atoms with Crippen molar-refractivity contribution in [3.63, 3.8) is 0 Å². The molecule has 0 saturated carbocycles. The number of aromatic carboxylic acids is 1. The van der Waals surface area contributed by atoms with E-state index in [0.717, 1.165) is 0 Å². The number of pyridine rings is 1. The van der Waals surface area contributed by atoms with Gasteiger partial charge in [-0.3, -0.25) is 0 Å². The van der Waals surface area contributed by atoms with E-state index in [1.165, 1.54) is 23.9 Å². The van der Waals surface area contributed by atoms with Crippen molar-refractivity contribution in [1.29, 1.82) is 0 Å². The molecule has 4 N–H and O–H groups in total. The molecule has 0 aromatic carbocycles. The predicted octanol–water partition coefficient (Wildman–Crippen LogP) is 0.446. The van der Waals surface area contributed by atoms with Crippen molar-refractivity contribution in [2.45, 2.75) is 5.03 Å². The molecule has 5 nitrogen and oxygen atoms in total. The third-order valence-electron chi connectivity index (χ3n) is 1.44. The van der Waals surface area contributed by atoms with Crippen LogP contribution in [0, 0.1) is 0 Å². The molecule has 1 rings (SSSR count). The van der Waals surface area contributed by atoms with E-state index in [1.807, 2.05) is 0 Å². The zero-order valence-corrected chi connectivity index (χ0v) is 8.12. The molecular formula is C8H10N2O3S. The molecule has 0 atom stereocenters. The summed E-state index contributed by atoms with van der Waals surface area (Å²) in [4.78, 5) is 14.4. The highest BCUT2D eigenvalue weighted by Crippen LogP contribution is 2.22. The summed E-state index contributed by atoms with van der Waals surface area (Å²) in [6, 6.07) is 2.84. The van der Waals surface area contributed by atoms with Crippen molar-refractivity contribution in [3.8, 4) is 0 Å². The lowest BCUT2D eigenvalue weighted by Gasteiger charge is -2.03. The monoisotopic (exact) mass is 214 g/mol. The number of carbonyl (C=O) groups is 1. The molecule has 14 heavy (non-hydrogen) atoms. The van der Waals surface area contributed by atoms with Crippen LogP contribution in [0.1, 0.15) is 10.5 Å². The minimum absolute atomic E-state index is 0.00306. The summed E-state index contributed by atoms with van der Waals surface area (Å²) < 4.78 is 0. The van der Waals surface area contributed by atoms with E-state index >= 15 is 0 Å². The van der Waals surface area contributed by atoms with Gasteiger partial charge in [0.15, 0.2) is 0 Å². The second-order valence-electron chi connectivity index (χ2n) is 2.47. The summed E-state index contributed by atoms with van der Waals surface area (Å²) in [5.41, 5.74) is 5.95. The molecule has 0 saturated heterocycles. The smallest absolute Gasteiger partial charge is 0.354 e. The Morgan fingerprint density at radius 3 is 2.86 bits per heavy atom. The van der Waals surface area contributed by atoms with Gasteiger partial charge in [-0.15, -0.1) is 11.8 Å². The van der Waals surface area contributed by atoms with Crippen molar-refractivity contribution in [2.75, 3.05) is 18.1 Å². The van der Waals surface area contributed by atoms with E-state index in [9.17, 15) is 4.79 Å². The summed E-state index contributed by atoms with van der Waals surface area (Å²) in [5.74, 6) is -0.642. The average molecular weight is 214 g/mol. The minimum atomic E-state index is -1.09. The number of nitrogens with two attached hydrogens (primary N) is 1. The molecule has 1 aromatic rings. The van der Waals surface area contributed by atoms with Crippen LogP contribution in [0.15, 0.2) is 17.2 Å². The van der Waals surface area contributed by atoms with Gasteiger partial charge in [-0.25, -0.2) is 9.78 Å². The molecule has 0 radical (unpaired) electrons. The van der Waals surface area contributed by atoms with Crippen LogP contribution in [0.4, 0.5) is 5.69 Å². The van der Waals surface area contributed by atoms with Gasteiger partial charge in [0.1, 0.15) is 10.7 Å². The molecule has 0 fully saturated rings. The SMILES string of the molecule is Nc1ccc(C(=O)O)nc1SCCO. The van der Waals surface area contributed by atoms with E-state index in [0.29, 0.717) is 16.5 Å². The van der Waals surface area contributed by atoms with E-state index in [4.69, 9.17) is 15.9 Å². The fourth-order valence-electron chi connectivity index (χ4n) is 0.828. The number of hydrogen-bond acceptors (Lipinski definition) is 5. The predicted molar refractivity (Wildman–Crippen MR) is 53.4 cm³/mol. The van der Waals surface area contributed by atoms with E-state index in [1.54, 1.807) is 0 Å². The number of hydrogen-bond donors (Lipinski definition) is 3. The lowest BCUT2D eigenvalue weighted by molar-refractivity contribution is 0.0690. The molecule has 6 heteroatoms. The van der Waals surface area contributed by atoms with Gasteiger partial charge in [-0.2, -0.15) is 0 Å². The highest BCUT2D eigenvalue weighted by Gasteiger charge is 2.08. The van der Waals surface area contributed by atoms with Gasteiger partial charge >= 0.3 is 5.97 Å². The number of aliphatic hydroxyl groups is 1. The number of thioether (sulfide) groups is 1. The van der Waals surface area contributed by atoms with Crippen LogP contribution in [0.5, 0.6) is 0 Å². The van der Waals surface area contributed by atoms with Crippen LogP contribution in [0.3, 0.4) is 0 Å². The van der Waals surface area contributed by atoms with Crippen molar-refractivity contribution in [1.82, 2.24) is 4.98 Å². The van der Waals surface area contributed by atoms with E-state index < -0.39 is 5.97 Å². The fraction of sp³-hybridized carbons (Fsp3) is 0.250. The topological polar surface area (TPSA) is 96.4 Å². The maximum Gasteiger partial charge on any atom is 0.354 e. The van der Waals surface area contributed by atoms with Crippen LogP contribution in [0.25, 0.3) is 0 Å². The Balaban J connectivity index is 2.90. The second-order valence-corrected chi connectivity index (χ2v) is 3.55. The summed E-state index contributed by atoms with van der Waals surface area (Å²) in [7, 11) is 0. The molecule has 0 aliphatic heterocycles. The number of nitrogens with zero attached hydrogens (tertiary/aromatic N) is 1. The summed E-state index contributed by atoms with van der Waals surface area (Å²) in [5, 5.41) is 17.7. The molecule has 0 bridgehead atoms. The van der Waals surface area contributed by atoms with Gasteiger partial charge in [0.2, 0.25) is 0 Å². The van der Waals surface area contributed by atoms with Crippen LogP contribution < -0.4 is 5.73 Å². The van der Waals surface area contributed by atoms with Gasteiger partial charge in [0.25, 0.3) is 0 Å². The standard InChI is InChI=1S/C8H10N2O3S/c9-5-1-2-6(8(12)13)10-7(5)14-4-3-11/h1-2,11H,3-4,9H2,(H,12,13). The summed E-state index contributed by atoms with van der Waals surface area (Å²) >= 11 is 1.23. The van der Waals surface area contributed by atoms with Crippen molar-refractivity contribution in [2.24, 2.45) is 0 Å². The van der Waals surface area contributed by atoms with E-state index in [-0.39, 0.29) is 12.3 Å². The van der Waals surface area contributed by atoms with Crippen molar-refractivity contribution in [3.05, 3.63) is 17.8 Å². The van der Waals surface area contributed by atoms with Crippen LogP contribution in [-0.4, -0.2) is 33.5 Å². The Morgan fingerprint density at radius 2 is 2.29 bits per heavy atom. The highest BCUT2D eigenvalue weighted by atomic mass is 32.2. The van der Waals surface area contributed by atoms with Gasteiger partial charge < -0.3 is 15.9 Å². The summed E-state index contributed by atoms with van der Waals surface area (Å²) in [6.07, 6.45) is 0. The Bertz CT molecular complexity index is 343. The Labute approximate surface area is 85.0 Å². The fourth-order valence-corrected chi connectivity index (χ4v) is 1.51. The van der Waals surface area contributed by atoms with Crippen LogP contribution in [0.2, 0.25) is 0 Å². The van der Waals surface area contributed by atoms with Gasteiger partial charge in [0, 0.05) is 5.75 Å². The van der Waals surface area contributed by atoms with Crippen LogP contribution >= 0.6 is 11.8 Å². The third kappa shape index (κ3) is 2.61. The lowest BCUT2D eigenvalue weighted by atomic mass is 10.3. The molecule has 1 heterocycles. The molecular weight excluding hydrogens is 204 g/mol. The molecule has 76 valence electrons. The number of rotatable bonds is 4. The van der Waals surface area contributed by atoms with Crippen molar-refractivity contribution >= 4 is 23.4 Å². The largest absolute Gasteiger partial charge is 0.477 e. The maximum atomic E-state index is 10.6. The highest BCUT2D eigenvalue weighted by molar-refractivity contribution is 7.99. The first-order valence-electron chi connectivity index (χ1n) is 3.88. The normalized spacial score (nSPS) is 10.1. The second kappa shape index (κ2) is 4.83. The Morgan fingerprint density at radius 1 is 1.57 bits per heavy atom. The first-order chi connectivity index (χ1) is 6.65. The quantitative estimate of drug-likeness (QED) is 0.629. The zero-order valence-electron chi connectivity index (χ0n) is 7.30. The molecule has 0 aliphatic carbocycles. The first-order valence-corrected chi connectivity index (χ1v) is 4.87. The van der Waals surface area contributed by atoms with Crippen LogP contribution in [-0.2, 0) is 0 Å². The molecule has 0 spiro atoms.